The SMILES string of the molecule is C1=CC(c2nc(-c3ccc(-c4ccccc4)cc3)nc(-c3ccc(-c4ccc(-c5ccc(-c6cccc(-c7ccc(-c8nc(-c9ccc(-c%10ccccc%10)cc9)nc(-c9cccc%10oc%11c(-c%12ccc(-c%13ccccc%13)cc%12)cccc%11c9%10)n8)cc7)c6)cc5)cc4)c4oc5ccccc5c34)n2)CC=C1c1ccccc1. The van der Waals surface area contributed by atoms with Gasteiger partial charge in [-0.3, -0.25) is 0 Å². The van der Waals surface area contributed by atoms with E-state index in [1.807, 2.05) is 42.5 Å². The summed E-state index contributed by atoms with van der Waals surface area (Å²) in [6, 6.07) is 128. The third-order valence-electron chi connectivity index (χ3n) is 21.2. The molecule has 0 saturated carbocycles. The van der Waals surface area contributed by atoms with Gasteiger partial charge in [0.15, 0.2) is 29.1 Å². The van der Waals surface area contributed by atoms with Crippen molar-refractivity contribution in [2.75, 3.05) is 0 Å². The molecule has 1 unspecified atom stereocenters. The molecule has 516 valence electrons. The fourth-order valence-corrected chi connectivity index (χ4v) is 15.5. The van der Waals surface area contributed by atoms with Gasteiger partial charge in [-0.05, 0) is 126 Å². The van der Waals surface area contributed by atoms with E-state index < -0.39 is 0 Å². The van der Waals surface area contributed by atoms with Crippen LogP contribution in [0.1, 0.15) is 23.7 Å². The van der Waals surface area contributed by atoms with Gasteiger partial charge in [0.1, 0.15) is 28.2 Å². The molecule has 1 atom stereocenters. The Kier molecular flexibility index (Phi) is 16.6. The Bertz CT molecular complexity index is 6720. The molecule has 0 aliphatic heterocycles. The highest BCUT2D eigenvalue weighted by Crippen LogP contribution is 2.45. The Morgan fingerprint density at radius 3 is 1.07 bits per heavy atom. The maximum atomic E-state index is 6.89. The molecule has 15 aromatic carbocycles. The van der Waals surface area contributed by atoms with Crippen molar-refractivity contribution in [1.29, 1.82) is 0 Å². The van der Waals surface area contributed by atoms with Crippen LogP contribution in [0.5, 0.6) is 0 Å². The third-order valence-corrected chi connectivity index (χ3v) is 21.2. The second-order valence-corrected chi connectivity index (χ2v) is 27.9. The minimum atomic E-state index is -0.0514. The first-order valence-corrected chi connectivity index (χ1v) is 37.2. The normalized spacial score (nSPS) is 12.8. The number of rotatable bonds is 15. The lowest BCUT2D eigenvalue weighted by molar-refractivity contribution is 0.669. The van der Waals surface area contributed by atoms with E-state index in [1.54, 1.807) is 0 Å². The second kappa shape index (κ2) is 28.0. The molecule has 20 rings (SSSR count). The quantitative estimate of drug-likeness (QED) is 0.1000. The molecule has 0 amide bonds. The number of furan rings is 2. The minimum absolute atomic E-state index is 0.0514. The standard InChI is InChI=1S/C102H66N6O2/c1-5-18-65(19-6-1)69-38-50-77(51-39-69)85-29-16-30-88-93-89(31-17-33-92(93)110-95(85)88)101-105-97(79-54-42-70(43-55-79)66-20-7-2-8-21-66)103-98(106-101)82-60-48-76(49-61-82)84-27-15-26-83(64-84)75-36-34-73(35-37-75)74-40-52-78(53-41-74)86-62-63-90(94-87-28-13-14-32-91(87)109-96(86)94)102-107-99(80-56-44-71(45-57-80)67-22-9-3-10-23-67)104-100(108-102)81-58-46-72(47-59-81)68-24-11-4-12-25-68/h1-58,60-64,81H,59H2. The number of hydrogen-bond donors (Lipinski definition) is 0. The number of hydrogen-bond acceptors (Lipinski definition) is 8. The van der Waals surface area contributed by atoms with Crippen LogP contribution in [0.4, 0.5) is 0 Å². The van der Waals surface area contributed by atoms with Crippen molar-refractivity contribution in [2.45, 2.75) is 12.3 Å². The molecule has 19 aromatic rings. The van der Waals surface area contributed by atoms with Crippen molar-refractivity contribution in [2.24, 2.45) is 0 Å². The van der Waals surface area contributed by atoms with E-state index in [-0.39, 0.29) is 5.92 Å². The monoisotopic (exact) mass is 1410 g/mol. The van der Waals surface area contributed by atoms with E-state index in [0.717, 1.165) is 167 Å². The molecule has 0 saturated heterocycles. The van der Waals surface area contributed by atoms with Gasteiger partial charge in [-0.25, -0.2) is 29.9 Å². The summed E-state index contributed by atoms with van der Waals surface area (Å²) >= 11 is 0. The zero-order chi connectivity index (χ0) is 72.9. The van der Waals surface area contributed by atoms with Gasteiger partial charge in [0.05, 0.1) is 0 Å². The van der Waals surface area contributed by atoms with Crippen LogP contribution in [0.3, 0.4) is 0 Å². The molecular weight excluding hydrogens is 1340 g/mol. The first-order chi connectivity index (χ1) is 54.5. The van der Waals surface area contributed by atoms with Gasteiger partial charge >= 0.3 is 0 Å². The van der Waals surface area contributed by atoms with Gasteiger partial charge in [0.25, 0.3) is 0 Å². The Hall–Kier alpha value is -14.6. The Labute approximate surface area is 636 Å². The zero-order valence-corrected chi connectivity index (χ0v) is 59.7. The summed E-state index contributed by atoms with van der Waals surface area (Å²) in [7, 11) is 0. The van der Waals surface area contributed by atoms with Crippen LogP contribution in [0.25, 0.3) is 195 Å². The van der Waals surface area contributed by atoms with Crippen LogP contribution in [-0.4, -0.2) is 29.9 Å². The van der Waals surface area contributed by atoms with Crippen LogP contribution >= 0.6 is 0 Å². The fraction of sp³-hybridized carbons (Fsp3) is 0.0196. The van der Waals surface area contributed by atoms with Crippen LogP contribution in [0.2, 0.25) is 0 Å². The van der Waals surface area contributed by atoms with Crippen LogP contribution in [0, 0.1) is 0 Å². The maximum absolute atomic E-state index is 6.89. The molecule has 8 heteroatoms. The minimum Gasteiger partial charge on any atom is -0.455 e. The molecule has 0 N–H and O–H groups in total. The van der Waals surface area contributed by atoms with Crippen molar-refractivity contribution >= 4 is 49.5 Å². The number of para-hydroxylation sites is 2. The smallest absolute Gasteiger partial charge is 0.164 e. The zero-order valence-electron chi connectivity index (χ0n) is 59.7. The second-order valence-electron chi connectivity index (χ2n) is 27.9. The van der Waals surface area contributed by atoms with Crippen LogP contribution in [-0.2, 0) is 0 Å². The van der Waals surface area contributed by atoms with Gasteiger partial charge in [-0.2, -0.15) is 0 Å². The molecule has 0 bridgehead atoms. The summed E-state index contributed by atoms with van der Waals surface area (Å²) in [5, 5.41) is 3.90. The van der Waals surface area contributed by atoms with Crippen molar-refractivity contribution in [3.8, 4) is 146 Å². The van der Waals surface area contributed by atoms with Gasteiger partial charge in [0, 0.05) is 66.4 Å². The lowest BCUT2D eigenvalue weighted by atomic mass is 9.92. The van der Waals surface area contributed by atoms with Crippen molar-refractivity contribution in [3.63, 3.8) is 0 Å². The van der Waals surface area contributed by atoms with E-state index in [9.17, 15) is 0 Å². The lowest BCUT2D eigenvalue weighted by Crippen LogP contribution is -2.08. The molecule has 4 aromatic heterocycles. The summed E-state index contributed by atoms with van der Waals surface area (Å²) in [5.74, 6) is 3.59. The van der Waals surface area contributed by atoms with Gasteiger partial charge in [-0.1, -0.05) is 352 Å². The van der Waals surface area contributed by atoms with E-state index in [2.05, 4.69) is 340 Å². The highest BCUT2D eigenvalue weighted by molar-refractivity contribution is 6.17. The maximum Gasteiger partial charge on any atom is 0.164 e. The van der Waals surface area contributed by atoms with Gasteiger partial charge in [0.2, 0.25) is 0 Å². The van der Waals surface area contributed by atoms with Crippen molar-refractivity contribution in [3.05, 3.63) is 394 Å². The summed E-state index contributed by atoms with van der Waals surface area (Å²) in [6.45, 7) is 0. The van der Waals surface area contributed by atoms with E-state index in [0.29, 0.717) is 29.1 Å². The highest BCUT2D eigenvalue weighted by atomic mass is 16.3. The lowest BCUT2D eigenvalue weighted by Gasteiger charge is -2.17. The largest absolute Gasteiger partial charge is 0.455 e. The van der Waals surface area contributed by atoms with Gasteiger partial charge < -0.3 is 8.83 Å². The molecular formula is C102H66N6O2. The van der Waals surface area contributed by atoms with E-state index >= 15 is 0 Å². The average Bonchev–Trinajstić information content (AvgIpc) is 1.57. The molecule has 0 radical (unpaired) electrons. The van der Waals surface area contributed by atoms with Crippen molar-refractivity contribution < 1.29 is 8.83 Å². The fourth-order valence-electron chi connectivity index (χ4n) is 15.5. The molecule has 0 fully saturated rings. The predicted octanol–water partition coefficient (Wildman–Crippen LogP) is 26.7. The first-order valence-electron chi connectivity index (χ1n) is 37.2. The molecule has 1 aliphatic carbocycles. The van der Waals surface area contributed by atoms with Crippen LogP contribution < -0.4 is 0 Å². The van der Waals surface area contributed by atoms with Gasteiger partial charge in [-0.15, -0.1) is 0 Å². The summed E-state index contributed by atoms with van der Waals surface area (Å²) < 4.78 is 13.7. The third kappa shape index (κ3) is 12.4. The average molecular weight is 1410 g/mol. The predicted molar refractivity (Wildman–Crippen MR) is 449 cm³/mol. The van der Waals surface area contributed by atoms with E-state index in [4.69, 9.17) is 38.7 Å². The Balaban J connectivity index is 0.584. The molecule has 1 aliphatic rings. The van der Waals surface area contributed by atoms with Crippen LogP contribution in [0.15, 0.2) is 391 Å². The number of allylic oxidation sites excluding steroid dienone is 4. The summed E-state index contributed by atoms with van der Waals surface area (Å²) in [5.41, 5.74) is 27.6. The number of benzene rings is 15. The molecule has 0 spiro atoms. The Morgan fingerprint density at radius 2 is 0.564 bits per heavy atom. The highest BCUT2D eigenvalue weighted by Gasteiger charge is 2.25. The number of fused-ring (bicyclic) bond motifs is 6. The molecule has 4 heterocycles. The molecule has 8 nitrogen and oxygen atoms in total. The first kappa shape index (κ1) is 65.0. The Morgan fingerprint density at radius 1 is 0.227 bits per heavy atom. The summed E-state index contributed by atoms with van der Waals surface area (Å²) in [4.78, 5) is 31.7. The van der Waals surface area contributed by atoms with Crippen molar-refractivity contribution in [1.82, 2.24) is 29.9 Å². The topological polar surface area (TPSA) is 104 Å². The number of aromatic nitrogens is 6. The number of nitrogens with zero attached hydrogens (tertiary/aromatic N) is 6. The molecule has 110 heavy (non-hydrogen) atoms. The summed E-state index contributed by atoms with van der Waals surface area (Å²) in [6.07, 6.45) is 7.49. The van der Waals surface area contributed by atoms with E-state index in [1.165, 1.54) is 16.7 Å².